The van der Waals surface area contributed by atoms with E-state index < -0.39 is 11.7 Å². The Kier molecular flexibility index (Phi) is 5.80. The van der Waals surface area contributed by atoms with Crippen LogP contribution < -0.4 is 4.74 Å². The van der Waals surface area contributed by atoms with E-state index in [0.29, 0.717) is 12.3 Å². The molecule has 0 radical (unpaired) electrons. The van der Waals surface area contributed by atoms with Gasteiger partial charge in [0, 0.05) is 44.4 Å². The third-order valence-corrected chi connectivity index (χ3v) is 5.45. The van der Waals surface area contributed by atoms with Crippen LogP contribution in [-0.4, -0.2) is 44.6 Å². The van der Waals surface area contributed by atoms with Crippen molar-refractivity contribution in [2.45, 2.75) is 31.5 Å². The molecule has 160 valence electrons. The van der Waals surface area contributed by atoms with Gasteiger partial charge in [-0.3, -0.25) is 14.7 Å². The van der Waals surface area contributed by atoms with E-state index in [1.165, 1.54) is 17.8 Å². The lowest BCUT2D eigenvalue weighted by atomic mass is 10.0. The molecule has 1 fully saturated rings. The van der Waals surface area contributed by atoms with Gasteiger partial charge in [-0.25, -0.2) is 0 Å². The highest BCUT2D eigenvalue weighted by atomic mass is 19.4. The number of halogens is 3. The van der Waals surface area contributed by atoms with Crippen molar-refractivity contribution in [1.29, 1.82) is 0 Å². The Morgan fingerprint density at radius 3 is 2.87 bits per heavy atom. The van der Waals surface area contributed by atoms with Gasteiger partial charge in [-0.15, -0.1) is 0 Å². The summed E-state index contributed by atoms with van der Waals surface area (Å²) in [5, 5.41) is 11.7. The Morgan fingerprint density at radius 2 is 2.10 bits per heavy atom. The number of aryl methyl sites for hydroxylation is 1. The second-order valence-electron chi connectivity index (χ2n) is 7.61. The van der Waals surface area contributed by atoms with Gasteiger partial charge in [0.25, 0.3) is 0 Å². The summed E-state index contributed by atoms with van der Waals surface area (Å²) in [6.07, 6.45) is -0.967. The summed E-state index contributed by atoms with van der Waals surface area (Å²) >= 11 is 0. The summed E-state index contributed by atoms with van der Waals surface area (Å²) in [5.74, 6) is 0.582. The molecule has 1 aliphatic rings. The molecule has 9 heteroatoms. The maximum atomic E-state index is 12.8. The first-order chi connectivity index (χ1) is 14.4. The molecule has 4 rings (SSSR count). The SMILES string of the molecule is Cn1nccc1CN1CC[C@H](c2cc(CCOc3cccc(C(F)(F)F)c3)[nH]n2)C1. The number of likely N-dealkylation sites (tertiary alicyclic amines) is 1. The Hall–Kier alpha value is -2.81. The molecule has 30 heavy (non-hydrogen) atoms. The fourth-order valence-electron chi connectivity index (χ4n) is 3.76. The zero-order valence-corrected chi connectivity index (χ0v) is 16.7. The number of hydrogen-bond acceptors (Lipinski definition) is 4. The number of H-pyrrole nitrogens is 1. The van der Waals surface area contributed by atoms with E-state index >= 15 is 0 Å². The molecule has 0 saturated carbocycles. The Morgan fingerprint density at radius 1 is 1.23 bits per heavy atom. The van der Waals surface area contributed by atoms with Gasteiger partial charge in [-0.2, -0.15) is 23.4 Å². The first-order valence-electron chi connectivity index (χ1n) is 9.92. The van der Waals surface area contributed by atoms with E-state index in [1.807, 2.05) is 30.1 Å². The standard InChI is InChI=1S/C21H24F3N5O/c1-28-18(5-8-25-28)14-29-9-6-15(13-29)20-12-17(26-27-20)7-10-30-19-4-2-3-16(11-19)21(22,23)24/h2-5,8,11-12,15H,6-7,9-10,13-14H2,1H3,(H,26,27)/t15-/m0/s1. The van der Waals surface area contributed by atoms with Crippen molar-refractivity contribution in [3.8, 4) is 5.75 Å². The van der Waals surface area contributed by atoms with Crippen molar-refractivity contribution < 1.29 is 17.9 Å². The van der Waals surface area contributed by atoms with E-state index in [-0.39, 0.29) is 12.4 Å². The highest BCUT2D eigenvalue weighted by Crippen LogP contribution is 2.31. The van der Waals surface area contributed by atoms with E-state index in [9.17, 15) is 13.2 Å². The van der Waals surface area contributed by atoms with E-state index in [0.717, 1.165) is 49.6 Å². The zero-order valence-electron chi connectivity index (χ0n) is 16.7. The molecule has 2 aromatic heterocycles. The molecular formula is C21H24F3N5O. The summed E-state index contributed by atoms with van der Waals surface area (Å²) in [7, 11) is 1.95. The molecule has 0 unspecified atom stereocenters. The van der Waals surface area contributed by atoms with E-state index in [2.05, 4.69) is 20.2 Å². The lowest BCUT2D eigenvalue weighted by Gasteiger charge is -2.15. The van der Waals surface area contributed by atoms with Crippen LogP contribution in [0.4, 0.5) is 13.2 Å². The molecule has 3 heterocycles. The van der Waals surface area contributed by atoms with Crippen molar-refractivity contribution in [3.05, 3.63) is 65.2 Å². The topological polar surface area (TPSA) is 59.0 Å². The monoisotopic (exact) mass is 419 g/mol. The average molecular weight is 419 g/mol. The number of alkyl halides is 3. The molecule has 0 amide bonds. The summed E-state index contributed by atoms with van der Waals surface area (Å²) in [6, 6.07) is 9.01. The maximum absolute atomic E-state index is 12.8. The lowest BCUT2D eigenvalue weighted by molar-refractivity contribution is -0.137. The summed E-state index contributed by atoms with van der Waals surface area (Å²) in [5.41, 5.74) is 2.42. The summed E-state index contributed by atoms with van der Waals surface area (Å²) in [4.78, 5) is 2.40. The maximum Gasteiger partial charge on any atom is 0.416 e. The fraction of sp³-hybridized carbons (Fsp3) is 0.429. The Balaban J connectivity index is 1.27. The van der Waals surface area contributed by atoms with Crippen LogP contribution in [0.1, 0.15) is 35.0 Å². The molecule has 0 aliphatic carbocycles. The number of nitrogens with one attached hydrogen (secondary N) is 1. The third kappa shape index (κ3) is 4.84. The molecule has 3 aromatic rings. The Bertz CT molecular complexity index is 981. The number of rotatable bonds is 7. The first-order valence-corrected chi connectivity index (χ1v) is 9.92. The molecule has 1 atom stereocenters. The molecule has 1 N–H and O–H groups in total. The summed E-state index contributed by atoms with van der Waals surface area (Å²) < 4.78 is 45.7. The van der Waals surface area contributed by atoms with Crippen LogP contribution in [0, 0.1) is 0 Å². The van der Waals surface area contributed by atoms with Crippen molar-refractivity contribution >= 4 is 0 Å². The van der Waals surface area contributed by atoms with Crippen LogP contribution in [-0.2, 0) is 26.2 Å². The molecule has 0 bridgehead atoms. The van der Waals surface area contributed by atoms with Crippen LogP contribution in [0.25, 0.3) is 0 Å². The second-order valence-corrected chi connectivity index (χ2v) is 7.61. The number of aromatic nitrogens is 4. The van der Waals surface area contributed by atoms with E-state index in [1.54, 1.807) is 0 Å². The number of aromatic amines is 1. The highest BCUT2D eigenvalue weighted by molar-refractivity contribution is 5.30. The predicted molar refractivity (Wildman–Crippen MR) is 105 cm³/mol. The van der Waals surface area contributed by atoms with Gasteiger partial charge in [0.15, 0.2) is 0 Å². The van der Waals surface area contributed by atoms with Gasteiger partial charge in [-0.1, -0.05) is 6.07 Å². The molecule has 1 aliphatic heterocycles. The molecule has 1 saturated heterocycles. The molecule has 1 aromatic carbocycles. The van der Waals surface area contributed by atoms with Gasteiger partial charge in [0.1, 0.15) is 5.75 Å². The second kappa shape index (κ2) is 8.51. The number of nitrogens with zero attached hydrogens (tertiary/aromatic N) is 4. The van der Waals surface area contributed by atoms with Gasteiger partial charge < -0.3 is 4.74 Å². The van der Waals surface area contributed by atoms with Crippen LogP contribution in [0.15, 0.2) is 42.6 Å². The van der Waals surface area contributed by atoms with Crippen LogP contribution >= 0.6 is 0 Å². The average Bonchev–Trinajstić information content (AvgIpc) is 3.44. The fourth-order valence-corrected chi connectivity index (χ4v) is 3.76. The minimum Gasteiger partial charge on any atom is -0.493 e. The van der Waals surface area contributed by atoms with Gasteiger partial charge in [0.05, 0.1) is 23.6 Å². The largest absolute Gasteiger partial charge is 0.493 e. The molecular weight excluding hydrogens is 395 g/mol. The number of benzene rings is 1. The van der Waals surface area contributed by atoms with E-state index in [4.69, 9.17) is 4.74 Å². The zero-order chi connectivity index (χ0) is 21.1. The van der Waals surface area contributed by atoms with Crippen molar-refractivity contribution in [1.82, 2.24) is 24.9 Å². The number of ether oxygens (including phenoxy) is 1. The van der Waals surface area contributed by atoms with Gasteiger partial charge in [-0.05, 0) is 43.3 Å². The number of hydrogen-bond donors (Lipinski definition) is 1. The lowest BCUT2D eigenvalue weighted by Crippen LogP contribution is -2.21. The Labute approximate surface area is 172 Å². The van der Waals surface area contributed by atoms with Gasteiger partial charge in [0.2, 0.25) is 0 Å². The quantitative estimate of drug-likeness (QED) is 0.633. The summed E-state index contributed by atoms with van der Waals surface area (Å²) in [6.45, 7) is 3.10. The molecule has 6 nitrogen and oxygen atoms in total. The van der Waals surface area contributed by atoms with Gasteiger partial charge >= 0.3 is 6.18 Å². The normalized spacial score (nSPS) is 17.5. The predicted octanol–water partition coefficient (Wildman–Crippen LogP) is 3.77. The third-order valence-electron chi connectivity index (χ3n) is 5.45. The van der Waals surface area contributed by atoms with Crippen LogP contribution in [0.2, 0.25) is 0 Å². The van der Waals surface area contributed by atoms with Crippen molar-refractivity contribution in [3.63, 3.8) is 0 Å². The minimum atomic E-state index is -4.37. The minimum absolute atomic E-state index is 0.214. The van der Waals surface area contributed by atoms with Crippen LogP contribution in [0.5, 0.6) is 5.75 Å². The first kappa shape index (κ1) is 20.5. The smallest absolute Gasteiger partial charge is 0.416 e. The van der Waals surface area contributed by atoms with Crippen molar-refractivity contribution in [2.24, 2.45) is 7.05 Å². The molecule has 0 spiro atoms. The van der Waals surface area contributed by atoms with Crippen molar-refractivity contribution in [2.75, 3.05) is 19.7 Å². The highest BCUT2D eigenvalue weighted by Gasteiger charge is 2.30. The van der Waals surface area contributed by atoms with Crippen LogP contribution in [0.3, 0.4) is 0 Å².